The van der Waals surface area contributed by atoms with Gasteiger partial charge in [-0.25, -0.2) is 0 Å². The average molecular weight is 717 g/mol. The second kappa shape index (κ2) is 14.9. The van der Waals surface area contributed by atoms with Crippen LogP contribution >= 0.6 is 22.7 Å². The summed E-state index contributed by atoms with van der Waals surface area (Å²) in [5.41, 5.74) is 10.3. The summed E-state index contributed by atoms with van der Waals surface area (Å²) in [6.07, 6.45) is 14.3. The highest BCUT2D eigenvalue weighted by Gasteiger charge is 2.21. The summed E-state index contributed by atoms with van der Waals surface area (Å²) in [5, 5.41) is 2.52. The lowest BCUT2D eigenvalue weighted by Crippen LogP contribution is -2.36. The van der Waals surface area contributed by atoms with E-state index in [1.54, 1.807) is 0 Å². The minimum atomic E-state index is 0.830. The molecule has 5 aromatic carbocycles. The van der Waals surface area contributed by atoms with Crippen molar-refractivity contribution >= 4 is 78.8 Å². The van der Waals surface area contributed by atoms with Crippen molar-refractivity contribution in [2.45, 2.75) is 38.8 Å². The number of thiazole rings is 2. The molecule has 4 nitrogen and oxygen atoms in total. The van der Waals surface area contributed by atoms with Crippen LogP contribution in [0.15, 0.2) is 121 Å². The Morgan fingerprint density at radius 1 is 0.442 bits per heavy atom. The number of hydrogen-bond donors (Lipinski definition) is 0. The van der Waals surface area contributed by atoms with E-state index in [9.17, 15) is 0 Å². The topological polar surface area (TPSA) is 14.2 Å². The molecule has 0 spiro atoms. The second-order valence-electron chi connectivity index (χ2n) is 14.0. The fourth-order valence-corrected chi connectivity index (χ4v) is 9.80. The molecule has 2 aliphatic heterocycles. The van der Waals surface area contributed by atoms with Crippen molar-refractivity contribution in [2.24, 2.45) is 0 Å². The molecule has 2 aromatic heterocycles. The molecule has 9 rings (SSSR count). The number of benzene rings is 5. The van der Waals surface area contributed by atoms with Crippen LogP contribution in [0, 0.1) is 0 Å². The first-order chi connectivity index (χ1) is 25.7. The first-order valence-corrected chi connectivity index (χ1v) is 20.3. The number of hydrogen-bond acceptors (Lipinski definition) is 4. The predicted molar refractivity (Wildman–Crippen MR) is 222 cm³/mol. The lowest BCUT2D eigenvalue weighted by Gasteiger charge is -2.17. The van der Waals surface area contributed by atoms with Gasteiger partial charge in [-0.3, -0.25) is 0 Å². The molecule has 0 aliphatic carbocycles. The van der Waals surface area contributed by atoms with E-state index >= 15 is 0 Å². The van der Waals surface area contributed by atoms with Gasteiger partial charge in [0.05, 0.1) is 0 Å². The van der Waals surface area contributed by atoms with Crippen LogP contribution in [0.2, 0.25) is 0 Å². The number of nitrogens with zero attached hydrogens (tertiary/aromatic N) is 4. The van der Waals surface area contributed by atoms with Crippen LogP contribution in [0.4, 0.5) is 11.4 Å². The van der Waals surface area contributed by atoms with Crippen molar-refractivity contribution in [3.63, 3.8) is 0 Å². The fourth-order valence-electron chi connectivity index (χ4n) is 7.67. The summed E-state index contributed by atoms with van der Waals surface area (Å²) < 4.78 is 7.55. The number of para-hydroxylation sites is 2. The highest BCUT2D eigenvalue weighted by atomic mass is 32.1. The lowest BCUT2D eigenvalue weighted by atomic mass is 10.1. The zero-order valence-corrected chi connectivity index (χ0v) is 31.2. The summed E-state index contributed by atoms with van der Waals surface area (Å²) in [7, 11) is 0. The first kappa shape index (κ1) is 32.8. The van der Waals surface area contributed by atoms with Gasteiger partial charge in [-0.15, -0.1) is 0 Å². The quantitative estimate of drug-likeness (QED) is 0.131. The van der Waals surface area contributed by atoms with E-state index in [0.717, 1.165) is 13.1 Å². The van der Waals surface area contributed by atoms with Crippen LogP contribution < -0.4 is 18.9 Å². The summed E-state index contributed by atoms with van der Waals surface area (Å²) in [4.78, 5) is 4.98. The summed E-state index contributed by atoms with van der Waals surface area (Å²) in [6.45, 7) is 6.36. The monoisotopic (exact) mass is 716 g/mol. The Hall–Kier alpha value is -5.04. The maximum absolute atomic E-state index is 2.49. The van der Waals surface area contributed by atoms with Crippen LogP contribution in [0.5, 0.6) is 0 Å². The molecule has 0 bridgehead atoms. The normalized spacial score (nSPS) is 15.0. The van der Waals surface area contributed by atoms with Gasteiger partial charge >= 0.3 is 0 Å². The number of rotatable bonds is 10. The zero-order chi connectivity index (χ0) is 34.7. The van der Waals surface area contributed by atoms with Gasteiger partial charge < -0.3 is 9.80 Å². The third-order valence-corrected chi connectivity index (χ3v) is 12.8. The number of fused-ring (bicyclic) bond motifs is 2. The van der Waals surface area contributed by atoms with Crippen LogP contribution in [0.25, 0.3) is 44.7 Å². The highest BCUT2D eigenvalue weighted by Crippen LogP contribution is 2.27. The molecule has 6 heteroatoms. The van der Waals surface area contributed by atoms with E-state index in [2.05, 4.69) is 165 Å². The van der Waals surface area contributed by atoms with E-state index in [0.29, 0.717) is 0 Å². The molecule has 2 fully saturated rings. The van der Waals surface area contributed by atoms with Gasteiger partial charge in [0.25, 0.3) is 10.0 Å². The van der Waals surface area contributed by atoms with Crippen molar-refractivity contribution in [3.8, 4) is 0 Å². The van der Waals surface area contributed by atoms with Crippen molar-refractivity contribution in [3.05, 3.63) is 154 Å². The smallest absolute Gasteiger partial charge is 0.263 e. The molecule has 2 saturated heterocycles. The Morgan fingerprint density at radius 2 is 0.827 bits per heavy atom. The summed E-state index contributed by atoms with van der Waals surface area (Å²) in [5.74, 6) is 0. The van der Waals surface area contributed by atoms with Gasteiger partial charge in [0.15, 0.2) is 13.1 Å². The molecule has 52 heavy (non-hydrogen) atoms. The summed E-state index contributed by atoms with van der Waals surface area (Å²) in [6, 6.07) is 44.9. The first-order valence-electron chi connectivity index (χ1n) is 18.7. The number of anilines is 2. The Balaban J connectivity index is 0.936. The minimum Gasteiger partial charge on any atom is -0.372 e. The van der Waals surface area contributed by atoms with Crippen LogP contribution in [-0.4, -0.2) is 26.2 Å². The van der Waals surface area contributed by atoms with Crippen molar-refractivity contribution in [1.29, 1.82) is 0 Å². The van der Waals surface area contributed by atoms with E-state index in [-0.39, 0.29) is 0 Å². The molecular weight excluding hydrogens is 673 g/mol. The van der Waals surface area contributed by atoms with Gasteiger partial charge in [0.1, 0.15) is 9.40 Å². The third kappa shape index (κ3) is 7.06. The molecule has 0 unspecified atom stereocenters. The van der Waals surface area contributed by atoms with Crippen molar-refractivity contribution in [1.82, 2.24) is 0 Å². The highest BCUT2D eigenvalue weighted by molar-refractivity contribution is 7.19. The zero-order valence-electron chi connectivity index (χ0n) is 29.5. The molecule has 0 saturated carbocycles. The van der Waals surface area contributed by atoms with Gasteiger partial charge in [-0.05, 0) is 85.4 Å². The van der Waals surface area contributed by atoms with Crippen LogP contribution in [0.3, 0.4) is 0 Å². The molecular formula is C46H44N4S2+2. The Labute approximate surface area is 314 Å². The van der Waals surface area contributed by atoms with Gasteiger partial charge in [0, 0.05) is 73.0 Å². The maximum Gasteiger partial charge on any atom is 0.263 e. The van der Waals surface area contributed by atoms with Crippen LogP contribution in [0.1, 0.15) is 58.0 Å². The standard InChI is InChI=1S/C46H44N4S2/c1-3-11-43-41(9-1)49(45(51-43)27-21-35-17-23-39(24-18-35)47-29-5-6-30-47)33-37-13-15-38(16-14-37)34-50-42-10-2-4-12-44(42)52-46(50)28-22-36-19-25-40(26-20-36)48-31-7-8-32-48/h1-4,9-28H,5-8,29-34H2/q+2. The Morgan fingerprint density at radius 3 is 1.23 bits per heavy atom. The lowest BCUT2D eigenvalue weighted by molar-refractivity contribution is -0.660. The van der Waals surface area contributed by atoms with E-state index < -0.39 is 0 Å². The molecule has 4 heterocycles. The second-order valence-corrected chi connectivity index (χ2v) is 16.2. The third-order valence-electron chi connectivity index (χ3n) is 10.5. The van der Waals surface area contributed by atoms with Crippen LogP contribution in [-0.2, 0) is 13.1 Å². The predicted octanol–water partition coefficient (Wildman–Crippen LogP) is 10.3. The molecule has 0 N–H and O–H groups in total. The van der Waals surface area contributed by atoms with Crippen molar-refractivity contribution in [2.75, 3.05) is 36.0 Å². The SMILES string of the molecule is C(=C\c1sc2ccccc2[n+]1Cc1ccc(C[n+]2c(/C=C/c3ccc(N4CCCC4)cc3)sc3ccccc32)cc1)/c1ccc(N2CCCC2)cc1. The fraction of sp³-hybridized carbons (Fsp3) is 0.217. The largest absolute Gasteiger partial charge is 0.372 e. The van der Waals surface area contributed by atoms with E-state index in [1.807, 2.05) is 22.7 Å². The molecule has 7 aromatic rings. The minimum absolute atomic E-state index is 0.830. The van der Waals surface area contributed by atoms with Crippen molar-refractivity contribution < 1.29 is 9.13 Å². The Kier molecular flexibility index (Phi) is 9.41. The molecule has 258 valence electrons. The van der Waals surface area contributed by atoms with E-state index in [4.69, 9.17) is 0 Å². The van der Waals surface area contributed by atoms with Gasteiger partial charge in [-0.1, -0.05) is 95.5 Å². The molecule has 2 aliphatic rings. The average Bonchev–Trinajstić information content (AvgIpc) is 4.03. The number of aromatic nitrogens is 2. The Bertz CT molecular complexity index is 2180. The van der Waals surface area contributed by atoms with Gasteiger partial charge in [0.2, 0.25) is 11.0 Å². The molecule has 0 radical (unpaired) electrons. The van der Waals surface area contributed by atoms with E-state index in [1.165, 1.54) is 116 Å². The van der Waals surface area contributed by atoms with Gasteiger partial charge in [-0.2, -0.15) is 9.13 Å². The molecule has 0 atom stereocenters. The summed E-state index contributed by atoms with van der Waals surface area (Å²) >= 11 is 3.72. The maximum atomic E-state index is 2.49. The molecule has 0 amide bonds.